The van der Waals surface area contributed by atoms with Crippen LogP contribution in [0.2, 0.25) is 0 Å². The number of nitrogens with one attached hydrogen (secondary N) is 2. The molecule has 0 spiro atoms. The van der Waals surface area contributed by atoms with Gasteiger partial charge in [-0.2, -0.15) is 0 Å². The van der Waals surface area contributed by atoms with E-state index in [4.69, 9.17) is 4.74 Å². The van der Waals surface area contributed by atoms with Crippen LogP contribution in [0.1, 0.15) is 45.4 Å². The Kier molecular flexibility index (Phi) is 12.1. The lowest BCUT2D eigenvalue weighted by molar-refractivity contribution is 0.105. The van der Waals surface area contributed by atoms with Crippen molar-refractivity contribution in [2.24, 2.45) is 10.4 Å². The summed E-state index contributed by atoms with van der Waals surface area (Å²) in [6, 6.07) is 8.61. The Hall–Kier alpha value is -0.870. The first-order valence-corrected chi connectivity index (χ1v) is 12.0. The SMILES string of the molecule is CCOCCC1(CNC(=NC)NCCCS(=O)(=O)c2ccccc2)CCCC1.I. The predicted molar refractivity (Wildman–Crippen MR) is 130 cm³/mol. The van der Waals surface area contributed by atoms with E-state index in [2.05, 4.69) is 15.6 Å². The molecule has 1 aliphatic rings. The quantitative estimate of drug-likeness (QED) is 0.195. The van der Waals surface area contributed by atoms with E-state index in [9.17, 15) is 8.42 Å². The number of ether oxygens (including phenoxy) is 1. The molecule has 1 saturated carbocycles. The first kappa shape index (κ1) is 26.2. The summed E-state index contributed by atoms with van der Waals surface area (Å²) in [6.07, 6.45) is 6.60. The van der Waals surface area contributed by atoms with Crippen LogP contribution in [0.5, 0.6) is 0 Å². The highest BCUT2D eigenvalue weighted by molar-refractivity contribution is 14.0. The number of hydrogen-bond donors (Lipinski definition) is 2. The van der Waals surface area contributed by atoms with E-state index in [1.807, 2.05) is 13.0 Å². The zero-order chi connectivity index (χ0) is 20.3. The Balaban J connectivity index is 0.00000420. The molecular formula is C21H36IN3O3S. The molecule has 1 aromatic rings. The van der Waals surface area contributed by atoms with E-state index >= 15 is 0 Å². The molecule has 0 amide bonds. The number of hydrogen-bond acceptors (Lipinski definition) is 4. The molecule has 29 heavy (non-hydrogen) atoms. The molecule has 0 aliphatic heterocycles. The molecule has 166 valence electrons. The number of guanidine groups is 1. The standard InChI is InChI=1S/C21H35N3O3S.HI/c1-3-27-16-14-21(12-7-8-13-21)18-24-20(22-2)23-15-9-17-28(25,26)19-10-5-4-6-11-19;/h4-6,10-11H,3,7-9,12-18H2,1-2H3,(H2,22,23,24);1H. The van der Waals surface area contributed by atoms with Crippen LogP contribution in [0.15, 0.2) is 40.2 Å². The monoisotopic (exact) mass is 537 g/mol. The van der Waals surface area contributed by atoms with E-state index < -0.39 is 9.84 Å². The molecule has 6 nitrogen and oxygen atoms in total. The normalized spacial score (nSPS) is 16.3. The molecule has 0 unspecified atom stereocenters. The fourth-order valence-electron chi connectivity index (χ4n) is 3.78. The Morgan fingerprint density at radius 3 is 2.48 bits per heavy atom. The van der Waals surface area contributed by atoms with Gasteiger partial charge in [-0.15, -0.1) is 24.0 Å². The van der Waals surface area contributed by atoms with Crippen molar-refractivity contribution >= 4 is 39.8 Å². The molecule has 1 aromatic carbocycles. The maximum absolute atomic E-state index is 12.3. The van der Waals surface area contributed by atoms with Gasteiger partial charge in [-0.1, -0.05) is 31.0 Å². The van der Waals surface area contributed by atoms with Gasteiger partial charge in [-0.3, -0.25) is 4.99 Å². The molecule has 1 aliphatic carbocycles. The van der Waals surface area contributed by atoms with Gasteiger partial charge in [0.05, 0.1) is 10.6 Å². The van der Waals surface area contributed by atoms with Gasteiger partial charge in [0.15, 0.2) is 15.8 Å². The lowest BCUT2D eigenvalue weighted by Crippen LogP contribution is -2.43. The molecular weight excluding hydrogens is 501 g/mol. The first-order chi connectivity index (χ1) is 13.5. The van der Waals surface area contributed by atoms with Crippen molar-refractivity contribution in [2.45, 2.75) is 50.3 Å². The molecule has 0 heterocycles. The number of rotatable bonds is 11. The fourth-order valence-corrected chi connectivity index (χ4v) is 5.11. The average Bonchev–Trinajstić information content (AvgIpc) is 3.17. The number of sulfone groups is 1. The molecule has 0 radical (unpaired) electrons. The molecule has 8 heteroatoms. The van der Waals surface area contributed by atoms with Crippen LogP contribution in [0.3, 0.4) is 0 Å². The van der Waals surface area contributed by atoms with Crippen molar-refractivity contribution in [1.82, 2.24) is 10.6 Å². The molecule has 2 N–H and O–H groups in total. The largest absolute Gasteiger partial charge is 0.382 e. The zero-order valence-corrected chi connectivity index (χ0v) is 20.8. The maximum Gasteiger partial charge on any atom is 0.190 e. The van der Waals surface area contributed by atoms with Crippen LogP contribution in [0.25, 0.3) is 0 Å². The Morgan fingerprint density at radius 2 is 1.86 bits per heavy atom. The van der Waals surface area contributed by atoms with E-state index in [-0.39, 0.29) is 35.1 Å². The van der Waals surface area contributed by atoms with Crippen molar-refractivity contribution in [3.05, 3.63) is 30.3 Å². The summed E-state index contributed by atoms with van der Waals surface area (Å²) in [6.45, 7) is 5.04. The smallest absolute Gasteiger partial charge is 0.190 e. The van der Waals surface area contributed by atoms with Crippen LogP contribution in [-0.4, -0.2) is 53.5 Å². The van der Waals surface area contributed by atoms with E-state index in [0.717, 1.165) is 32.1 Å². The van der Waals surface area contributed by atoms with Gasteiger partial charge in [0, 0.05) is 33.4 Å². The third kappa shape index (κ3) is 8.80. The number of halogens is 1. The van der Waals surface area contributed by atoms with Crippen LogP contribution in [-0.2, 0) is 14.6 Å². The maximum atomic E-state index is 12.3. The highest BCUT2D eigenvalue weighted by atomic mass is 127. The Labute approximate surface area is 193 Å². The second kappa shape index (κ2) is 13.4. The lowest BCUT2D eigenvalue weighted by Gasteiger charge is -2.30. The first-order valence-electron chi connectivity index (χ1n) is 10.3. The molecule has 1 fully saturated rings. The summed E-state index contributed by atoms with van der Waals surface area (Å²) in [5, 5.41) is 6.69. The van der Waals surface area contributed by atoms with Gasteiger partial charge in [-0.25, -0.2) is 8.42 Å². The van der Waals surface area contributed by atoms with Crippen LogP contribution in [0, 0.1) is 5.41 Å². The Bertz CT molecular complexity index is 705. The van der Waals surface area contributed by atoms with Gasteiger partial charge in [0.1, 0.15) is 0 Å². The van der Waals surface area contributed by atoms with E-state index in [1.165, 1.54) is 25.7 Å². The lowest BCUT2D eigenvalue weighted by atomic mass is 9.83. The van der Waals surface area contributed by atoms with Gasteiger partial charge in [0.25, 0.3) is 0 Å². The number of aliphatic imine (C=N–C) groups is 1. The van der Waals surface area contributed by atoms with Gasteiger partial charge >= 0.3 is 0 Å². The highest BCUT2D eigenvalue weighted by Gasteiger charge is 2.33. The van der Waals surface area contributed by atoms with Crippen molar-refractivity contribution < 1.29 is 13.2 Å². The fraction of sp³-hybridized carbons (Fsp3) is 0.667. The van der Waals surface area contributed by atoms with Crippen molar-refractivity contribution in [3.8, 4) is 0 Å². The third-order valence-electron chi connectivity index (χ3n) is 5.48. The topological polar surface area (TPSA) is 79.8 Å². The molecule has 0 aromatic heterocycles. The van der Waals surface area contributed by atoms with Crippen molar-refractivity contribution in [3.63, 3.8) is 0 Å². The summed E-state index contributed by atoms with van der Waals surface area (Å²) in [5.41, 5.74) is 0.281. The summed E-state index contributed by atoms with van der Waals surface area (Å²) < 4.78 is 30.2. The van der Waals surface area contributed by atoms with Gasteiger partial charge in [-0.05, 0) is 50.2 Å². The Morgan fingerprint density at radius 1 is 1.17 bits per heavy atom. The second-order valence-electron chi connectivity index (χ2n) is 7.49. The van der Waals surface area contributed by atoms with Crippen molar-refractivity contribution in [2.75, 3.05) is 39.1 Å². The van der Waals surface area contributed by atoms with E-state index in [0.29, 0.717) is 17.9 Å². The molecule has 0 saturated heterocycles. The highest BCUT2D eigenvalue weighted by Crippen LogP contribution is 2.40. The van der Waals surface area contributed by atoms with Gasteiger partial charge < -0.3 is 15.4 Å². The van der Waals surface area contributed by atoms with Crippen molar-refractivity contribution in [1.29, 1.82) is 0 Å². The molecule has 0 bridgehead atoms. The summed E-state index contributed by atoms with van der Waals surface area (Å²) >= 11 is 0. The van der Waals surface area contributed by atoms with E-state index in [1.54, 1.807) is 31.3 Å². The van der Waals surface area contributed by atoms with Crippen LogP contribution >= 0.6 is 24.0 Å². The second-order valence-corrected chi connectivity index (χ2v) is 9.60. The average molecular weight is 538 g/mol. The predicted octanol–water partition coefficient (Wildman–Crippen LogP) is 3.62. The minimum Gasteiger partial charge on any atom is -0.382 e. The molecule has 0 atom stereocenters. The van der Waals surface area contributed by atoms with Crippen LogP contribution in [0.4, 0.5) is 0 Å². The summed E-state index contributed by atoms with van der Waals surface area (Å²) in [5.74, 6) is 0.860. The molecule has 2 rings (SSSR count). The summed E-state index contributed by atoms with van der Waals surface area (Å²) in [7, 11) is -1.48. The summed E-state index contributed by atoms with van der Waals surface area (Å²) in [4.78, 5) is 4.67. The zero-order valence-electron chi connectivity index (χ0n) is 17.7. The van der Waals surface area contributed by atoms with Crippen LogP contribution < -0.4 is 10.6 Å². The van der Waals surface area contributed by atoms with Gasteiger partial charge in [0.2, 0.25) is 0 Å². The minimum absolute atomic E-state index is 0. The number of benzene rings is 1. The minimum atomic E-state index is -3.23. The third-order valence-corrected chi connectivity index (χ3v) is 7.30. The number of nitrogens with zero attached hydrogens (tertiary/aromatic N) is 1.